The summed E-state index contributed by atoms with van der Waals surface area (Å²) in [6, 6.07) is 2.66. The summed E-state index contributed by atoms with van der Waals surface area (Å²) in [6.07, 6.45) is 5.26. The van der Waals surface area contributed by atoms with E-state index in [2.05, 4.69) is 35.5 Å². The SMILES string of the molecule is CC(C)Nc1nc(C2COC2)cc2cnc(NC3CCC(O)CC3)nc12. The molecule has 140 valence electrons. The fourth-order valence-corrected chi connectivity index (χ4v) is 3.52. The van der Waals surface area contributed by atoms with Crippen molar-refractivity contribution in [3.8, 4) is 0 Å². The zero-order valence-corrected chi connectivity index (χ0v) is 15.4. The highest BCUT2D eigenvalue weighted by Crippen LogP contribution is 2.29. The number of fused-ring (bicyclic) bond motifs is 1. The number of rotatable bonds is 5. The van der Waals surface area contributed by atoms with Gasteiger partial charge in [0, 0.05) is 29.6 Å². The molecule has 0 bridgehead atoms. The lowest BCUT2D eigenvalue weighted by molar-refractivity contribution is 0.00683. The summed E-state index contributed by atoms with van der Waals surface area (Å²) in [7, 11) is 0. The quantitative estimate of drug-likeness (QED) is 0.757. The molecule has 0 aromatic carbocycles. The van der Waals surface area contributed by atoms with Crippen molar-refractivity contribution in [3.63, 3.8) is 0 Å². The van der Waals surface area contributed by atoms with Gasteiger partial charge in [-0.3, -0.25) is 0 Å². The summed E-state index contributed by atoms with van der Waals surface area (Å²) in [5, 5.41) is 17.5. The Morgan fingerprint density at radius 1 is 1.15 bits per heavy atom. The number of aliphatic hydroxyl groups is 1. The van der Waals surface area contributed by atoms with E-state index >= 15 is 0 Å². The molecule has 7 heteroatoms. The summed E-state index contributed by atoms with van der Waals surface area (Å²) in [4.78, 5) is 14.1. The van der Waals surface area contributed by atoms with Crippen LogP contribution in [0.4, 0.5) is 11.8 Å². The van der Waals surface area contributed by atoms with Crippen LogP contribution in [0.25, 0.3) is 10.9 Å². The number of hydrogen-bond acceptors (Lipinski definition) is 7. The Morgan fingerprint density at radius 2 is 1.92 bits per heavy atom. The van der Waals surface area contributed by atoms with Gasteiger partial charge in [0.15, 0.2) is 5.82 Å². The standard InChI is InChI=1S/C19H27N5O2/c1-11(2)21-18-17-12(7-16(23-18)13-9-26-10-13)8-20-19(24-17)22-14-3-5-15(25)6-4-14/h7-8,11,13-15,25H,3-6,9-10H2,1-2H3,(H,21,23)(H,20,22,24). The molecule has 0 unspecified atom stereocenters. The maximum atomic E-state index is 9.67. The molecule has 26 heavy (non-hydrogen) atoms. The normalized spacial score (nSPS) is 23.8. The molecule has 4 rings (SSSR count). The molecule has 1 saturated carbocycles. The third kappa shape index (κ3) is 3.73. The van der Waals surface area contributed by atoms with Gasteiger partial charge in [0.1, 0.15) is 5.52 Å². The Labute approximate surface area is 153 Å². The van der Waals surface area contributed by atoms with Gasteiger partial charge in [0.2, 0.25) is 5.95 Å². The van der Waals surface area contributed by atoms with Crippen molar-refractivity contribution in [3.05, 3.63) is 18.0 Å². The van der Waals surface area contributed by atoms with E-state index in [4.69, 9.17) is 14.7 Å². The van der Waals surface area contributed by atoms with Crippen LogP contribution < -0.4 is 10.6 Å². The van der Waals surface area contributed by atoms with Crippen LogP contribution >= 0.6 is 0 Å². The summed E-state index contributed by atoms with van der Waals surface area (Å²) < 4.78 is 5.31. The van der Waals surface area contributed by atoms with Crippen molar-refractivity contribution in [2.75, 3.05) is 23.8 Å². The van der Waals surface area contributed by atoms with Crippen LogP contribution in [-0.4, -0.2) is 51.5 Å². The van der Waals surface area contributed by atoms with Crippen LogP contribution in [0.3, 0.4) is 0 Å². The number of hydrogen-bond donors (Lipinski definition) is 3. The van der Waals surface area contributed by atoms with Crippen molar-refractivity contribution in [2.45, 2.75) is 63.6 Å². The number of nitrogens with one attached hydrogen (secondary N) is 2. The van der Waals surface area contributed by atoms with Crippen LogP contribution in [0.15, 0.2) is 12.3 Å². The number of ether oxygens (including phenoxy) is 1. The average Bonchev–Trinajstić information content (AvgIpc) is 2.55. The van der Waals surface area contributed by atoms with Crippen molar-refractivity contribution in [2.24, 2.45) is 0 Å². The molecule has 1 aliphatic carbocycles. The molecular weight excluding hydrogens is 330 g/mol. The largest absolute Gasteiger partial charge is 0.393 e. The number of pyridine rings is 1. The topological polar surface area (TPSA) is 92.2 Å². The fourth-order valence-electron chi connectivity index (χ4n) is 3.52. The molecule has 0 spiro atoms. The van der Waals surface area contributed by atoms with Gasteiger partial charge in [-0.25, -0.2) is 15.0 Å². The van der Waals surface area contributed by atoms with E-state index in [1.807, 2.05) is 6.20 Å². The van der Waals surface area contributed by atoms with E-state index in [0.29, 0.717) is 17.9 Å². The second-order valence-corrected chi connectivity index (χ2v) is 7.71. The molecule has 2 fully saturated rings. The van der Waals surface area contributed by atoms with Crippen LogP contribution in [-0.2, 0) is 4.74 Å². The highest BCUT2D eigenvalue weighted by Gasteiger charge is 2.24. The smallest absolute Gasteiger partial charge is 0.223 e. The lowest BCUT2D eigenvalue weighted by Gasteiger charge is -2.27. The monoisotopic (exact) mass is 357 g/mol. The Morgan fingerprint density at radius 3 is 2.58 bits per heavy atom. The van der Waals surface area contributed by atoms with Gasteiger partial charge < -0.3 is 20.5 Å². The van der Waals surface area contributed by atoms with Crippen molar-refractivity contribution >= 4 is 22.7 Å². The van der Waals surface area contributed by atoms with Gasteiger partial charge in [-0.1, -0.05) is 0 Å². The minimum absolute atomic E-state index is 0.162. The number of aliphatic hydroxyl groups excluding tert-OH is 1. The first-order valence-electron chi connectivity index (χ1n) is 9.55. The third-order valence-electron chi connectivity index (χ3n) is 5.10. The minimum Gasteiger partial charge on any atom is -0.393 e. The highest BCUT2D eigenvalue weighted by molar-refractivity contribution is 5.89. The molecule has 7 nitrogen and oxygen atoms in total. The first-order valence-corrected chi connectivity index (χ1v) is 9.55. The minimum atomic E-state index is -0.162. The number of aromatic nitrogens is 3. The van der Waals surface area contributed by atoms with Crippen molar-refractivity contribution in [1.29, 1.82) is 0 Å². The molecular formula is C19H27N5O2. The molecule has 2 aromatic rings. The predicted molar refractivity (Wildman–Crippen MR) is 102 cm³/mol. The number of nitrogens with zero attached hydrogens (tertiary/aromatic N) is 3. The van der Waals surface area contributed by atoms with Crippen LogP contribution in [0.1, 0.15) is 51.1 Å². The molecule has 2 aromatic heterocycles. The lowest BCUT2D eigenvalue weighted by Crippen LogP contribution is -2.29. The van der Waals surface area contributed by atoms with Crippen molar-refractivity contribution in [1.82, 2.24) is 15.0 Å². The van der Waals surface area contributed by atoms with E-state index in [9.17, 15) is 5.11 Å². The fraction of sp³-hybridized carbons (Fsp3) is 0.632. The van der Waals surface area contributed by atoms with E-state index in [1.54, 1.807) is 0 Å². The molecule has 0 amide bonds. The maximum absolute atomic E-state index is 9.67. The Kier molecular flexibility index (Phi) is 4.91. The summed E-state index contributed by atoms with van der Waals surface area (Å²) >= 11 is 0. The average molecular weight is 357 g/mol. The molecule has 1 saturated heterocycles. The molecule has 0 atom stereocenters. The van der Waals surface area contributed by atoms with Crippen molar-refractivity contribution < 1.29 is 9.84 Å². The Bertz CT molecular complexity index is 770. The van der Waals surface area contributed by atoms with Gasteiger partial charge in [0.25, 0.3) is 0 Å². The van der Waals surface area contributed by atoms with Crippen LogP contribution in [0.2, 0.25) is 0 Å². The lowest BCUT2D eigenvalue weighted by atomic mass is 9.93. The highest BCUT2D eigenvalue weighted by atomic mass is 16.5. The summed E-state index contributed by atoms with van der Waals surface area (Å²) in [5.74, 6) is 1.80. The van der Waals surface area contributed by atoms with E-state index in [1.165, 1.54) is 0 Å². The molecule has 3 heterocycles. The Balaban J connectivity index is 1.62. The molecule has 3 N–H and O–H groups in total. The van der Waals surface area contributed by atoms with Gasteiger partial charge >= 0.3 is 0 Å². The third-order valence-corrected chi connectivity index (χ3v) is 5.10. The summed E-state index contributed by atoms with van der Waals surface area (Å²) in [5.41, 5.74) is 1.88. The molecule has 2 aliphatic rings. The zero-order chi connectivity index (χ0) is 18.1. The first-order chi connectivity index (χ1) is 12.6. The van der Waals surface area contributed by atoms with Crippen LogP contribution in [0.5, 0.6) is 0 Å². The second kappa shape index (κ2) is 7.32. The van der Waals surface area contributed by atoms with E-state index in [-0.39, 0.29) is 12.1 Å². The van der Waals surface area contributed by atoms with E-state index in [0.717, 1.165) is 61.3 Å². The van der Waals surface area contributed by atoms with Crippen LogP contribution in [0, 0.1) is 0 Å². The van der Waals surface area contributed by atoms with Gasteiger partial charge in [-0.05, 0) is 45.6 Å². The van der Waals surface area contributed by atoms with E-state index < -0.39 is 0 Å². The Hall–Kier alpha value is -1.99. The number of anilines is 2. The van der Waals surface area contributed by atoms with Gasteiger partial charge in [-0.2, -0.15) is 0 Å². The second-order valence-electron chi connectivity index (χ2n) is 7.71. The van der Waals surface area contributed by atoms with Gasteiger partial charge in [0.05, 0.1) is 25.0 Å². The molecule has 1 aliphatic heterocycles. The first kappa shape index (κ1) is 17.4. The zero-order valence-electron chi connectivity index (χ0n) is 15.4. The molecule has 0 radical (unpaired) electrons. The maximum Gasteiger partial charge on any atom is 0.223 e. The summed E-state index contributed by atoms with van der Waals surface area (Å²) in [6.45, 7) is 5.65. The van der Waals surface area contributed by atoms with Gasteiger partial charge in [-0.15, -0.1) is 0 Å². The predicted octanol–water partition coefficient (Wildman–Crippen LogP) is 2.67.